The standard InChI is InChI=1S/C32H28N4O3/c1-21(24-10-6-22(19-33)7-11-24)35-32(38)26-14-15-29-30(18-26)39-17-16-36(29)20-23-8-12-25(13-9-23)27-4-2-3-5-28(27)31(34)37/h2-15,18,21H,16-17,20H2,1H3,(H2,34,37)(H,35,38)/t21-/m1/s1. The van der Waals surface area contributed by atoms with Gasteiger partial charge in [0, 0.05) is 17.7 Å². The first-order chi connectivity index (χ1) is 18.9. The second kappa shape index (κ2) is 11.1. The number of nitriles is 1. The molecular weight excluding hydrogens is 488 g/mol. The molecule has 3 N–H and O–H groups in total. The van der Waals surface area contributed by atoms with Gasteiger partial charge in [0.05, 0.1) is 29.9 Å². The Morgan fingerprint density at radius 3 is 2.49 bits per heavy atom. The number of ether oxygens (including phenoxy) is 1. The number of fused-ring (bicyclic) bond motifs is 1. The van der Waals surface area contributed by atoms with Gasteiger partial charge in [-0.2, -0.15) is 5.26 Å². The van der Waals surface area contributed by atoms with Crippen LogP contribution >= 0.6 is 0 Å². The van der Waals surface area contributed by atoms with Crippen molar-refractivity contribution < 1.29 is 14.3 Å². The van der Waals surface area contributed by atoms with Crippen LogP contribution in [0.5, 0.6) is 5.75 Å². The van der Waals surface area contributed by atoms with Gasteiger partial charge in [0.2, 0.25) is 5.91 Å². The lowest BCUT2D eigenvalue weighted by atomic mass is 9.98. The largest absolute Gasteiger partial charge is 0.490 e. The lowest BCUT2D eigenvalue weighted by molar-refractivity contribution is 0.0938. The molecule has 0 aliphatic carbocycles. The highest BCUT2D eigenvalue weighted by molar-refractivity contribution is 5.99. The molecule has 4 aromatic rings. The molecule has 0 bridgehead atoms. The van der Waals surface area contributed by atoms with E-state index in [4.69, 9.17) is 15.7 Å². The second-order valence-electron chi connectivity index (χ2n) is 9.49. The van der Waals surface area contributed by atoms with Crippen LogP contribution in [0.1, 0.15) is 50.4 Å². The Hall–Kier alpha value is -5.09. The minimum Gasteiger partial charge on any atom is -0.490 e. The van der Waals surface area contributed by atoms with Crippen molar-refractivity contribution in [1.29, 1.82) is 5.26 Å². The van der Waals surface area contributed by atoms with Crippen LogP contribution in [0.25, 0.3) is 11.1 Å². The average molecular weight is 517 g/mol. The molecule has 39 heavy (non-hydrogen) atoms. The van der Waals surface area contributed by atoms with E-state index in [1.807, 2.05) is 55.5 Å². The number of anilines is 1. The number of nitrogens with one attached hydrogen (secondary N) is 1. The van der Waals surface area contributed by atoms with Gasteiger partial charge in [-0.25, -0.2) is 0 Å². The normalized spacial score (nSPS) is 13.0. The summed E-state index contributed by atoms with van der Waals surface area (Å²) in [6, 6.07) is 30.0. The number of amides is 2. The summed E-state index contributed by atoms with van der Waals surface area (Å²) in [4.78, 5) is 27.0. The zero-order chi connectivity index (χ0) is 27.4. The maximum Gasteiger partial charge on any atom is 0.251 e. The lowest BCUT2D eigenvalue weighted by Gasteiger charge is -2.31. The van der Waals surface area contributed by atoms with E-state index in [2.05, 4.69) is 28.4 Å². The van der Waals surface area contributed by atoms with E-state index < -0.39 is 5.91 Å². The quantitative estimate of drug-likeness (QED) is 0.350. The van der Waals surface area contributed by atoms with Gasteiger partial charge in [0.25, 0.3) is 5.91 Å². The molecule has 0 radical (unpaired) electrons. The van der Waals surface area contributed by atoms with E-state index in [9.17, 15) is 9.59 Å². The molecule has 4 aromatic carbocycles. The molecule has 1 aliphatic rings. The van der Waals surface area contributed by atoms with E-state index in [1.54, 1.807) is 30.3 Å². The van der Waals surface area contributed by atoms with Gasteiger partial charge in [-0.1, -0.05) is 54.6 Å². The summed E-state index contributed by atoms with van der Waals surface area (Å²) in [5.74, 6) is 0.0329. The predicted molar refractivity (Wildman–Crippen MR) is 150 cm³/mol. The highest BCUT2D eigenvalue weighted by Crippen LogP contribution is 2.34. The predicted octanol–water partition coefficient (Wildman–Crippen LogP) is 5.21. The highest BCUT2D eigenvalue weighted by Gasteiger charge is 2.21. The SMILES string of the molecule is C[C@@H](NC(=O)c1ccc2c(c1)OCCN2Cc1ccc(-c2ccccc2C(N)=O)cc1)c1ccc(C#N)cc1. The fourth-order valence-electron chi connectivity index (χ4n) is 4.75. The number of nitrogens with two attached hydrogens (primary N) is 1. The van der Waals surface area contributed by atoms with E-state index >= 15 is 0 Å². The Labute approximate surface area is 227 Å². The molecule has 0 unspecified atom stereocenters. The van der Waals surface area contributed by atoms with Gasteiger partial charge < -0.3 is 20.7 Å². The molecule has 2 amide bonds. The average Bonchev–Trinajstić information content (AvgIpc) is 2.97. The minimum atomic E-state index is -0.448. The van der Waals surface area contributed by atoms with Crippen LogP contribution < -0.4 is 20.7 Å². The number of primary amides is 1. The maximum absolute atomic E-state index is 13.0. The molecule has 0 saturated carbocycles. The molecule has 0 aromatic heterocycles. The molecule has 1 atom stereocenters. The third-order valence-electron chi connectivity index (χ3n) is 6.90. The minimum absolute atomic E-state index is 0.192. The highest BCUT2D eigenvalue weighted by atomic mass is 16.5. The number of benzene rings is 4. The van der Waals surface area contributed by atoms with Crippen LogP contribution in [0, 0.1) is 11.3 Å². The summed E-state index contributed by atoms with van der Waals surface area (Å²) in [5, 5.41) is 12.0. The lowest BCUT2D eigenvalue weighted by Crippen LogP contribution is -2.32. The summed E-state index contributed by atoms with van der Waals surface area (Å²) >= 11 is 0. The van der Waals surface area contributed by atoms with Crippen LogP contribution in [-0.4, -0.2) is 25.0 Å². The molecule has 0 spiro atoms. The fraction of sp³-hybridized carbons (Fsp3) is 0.156. The zero-order valence-electron chi connectivity index (χ0n) is 21.6. The van der Waals surface area contributed by atoms with Crippen LogP contribution in [0.3, 0.4) is 0 Å². The van der Waals surface area contributed by atoms with Crippen molar-refractivity contribution in [3.05, 3.63) is 119 Å². The summed E-state index contributed by atoms with van der Waals surface area (Å²) in [6.45, 7) is 3.83. The monoisotopic (exact) mass is 516 g/mol. The van der Waals surface area contributed by atoms with Gasteiger partial charge in [-0.05, 0) is 65.6 Å². The van der Waals surface area contributed by atoms with Crippen LogP contribution in [0.4, 0.5) is 5.69 Å². The maximum atomic E-state index is 13.0. The summed E-state index contributed by atoms with van der Waals surface area (Å²) in [6.07, 6.45) is 0. The molecule has 0 fully saturated rings. The first-order valence-corrected chi connectivity index (χ1v) is 12.7. The van der Waals surface area contributed by atoms with Gasteiger partial charge in [0.1, 0.15) is 12.4 Å². The van der Waals surface area contributed by atoms with Gasteiger partial charge in [-0.3, -0.25) is 9.59 Å². The Bertz CT molecular complexity index is 1560. The number of carbonyl (C=O) groups is 2. The zero-order valence-corrected chi connectivity index (χ0v) is 21.6. The van der Waals surface area contributed by atoms with Crippen molar-refractivity contribution >= 4 is 17.5 Å². The molecule has 1 heterocycles. The van der Waals surface area contributed by atoms with Crippen molar-refractivity contribution in [2.24, 2.45) is 5.73 Å². The molecule has 7 heteroatoms. The first kappa shape index (κ1) is 25.6. The topological polar surface area (TPSA) is 108 Å². The van der Waals surface area contributed by atoms with Gasteiger partial charge >= 0.3 is 0 Å². The van der Waals surface area contributed by atoms with Gasteiger partial charge in [-0.15, -0.1) is 0 Å². The molecule has 194 valence electrons. The van der Waals surface area contributed by atoms with Crippen molar-refractivity contribution in [3.8, 4) is 22.9 Å². The number of carbonyl (C=O) groups excluding carboxylic acids is 2. The fourth-order valence-corrected chi connectivity index (χ4v) is 4.75. The van der Waals surface area contributed by atoms with E-state index in [1.165, 1.54) is 0 Å². The third kappa shape index (κ3) is 5.60. The molecule has 7 nitrogen and oxygen atoms in total. The number of hydrogen-bond donors (Lipinski definition) is 2. The molecule has 5 rings (SSSR count). The Balaban J connectivity index is 1.28. The van der Waals surface area contributed by atoms with E-state index in [0.717, 1.165) is 34.5 Å². The van der Waals surface area contributed by atoms with Crippen LogP contribution in [0.2, 0.25) is 0 Å². The Kier molecular flexibility index (Phi) is 7.28. The van der Waals surface area contributed by atoms with E-state index in [-0.39, 0.29) is 11.9 Å². The van der Waals surface area contributed by atoms with Crippen LogP contribution in [-0.2, 0) is 6.54 Å². The van der Waals surface area contributed by atoms with Gasteiger partial charge in [0.15, 0.2) is 0 Å². The summed E-state index contributed by atoms with van der Waals surface area (Å²) < 4.78 is 5.91. The Morgan fingerprint density at radius 1 is 1.03 bits per heavy atom. The molecule has 0 saturated heterocycles. The van der Waals surface area contributed by atoms with Crippen molar-refractivity contribution in [1.82, 2.24) is 5.32 Å². The summed E-state index contributed by atoms with van der Waals surface area (Å²) in [5.41, 5.74) is 11.9. The Morgan fingerprint density at radius 2 is 1.77 bits per heavy atom. The number of nitrogens with zero attached hydrogens (tertiary/aromatic N) is 2. The third-order valence-corrected chi connectivity index (χ3v) is 6.90. The van der Waals surface area contributed by atoms with Crippen molar-refractivity contribution in [2.75, 3.05) is 18.1 Å². The second-order valence-corrected chi connectivity index (χ2v) is 9.49. The summed E-state index contributed by atoms with van der Waals surface area (Å²) in [7, 11) is 0. The molecule has 1 aliphatic heterocycles. The number of hydrogen-bond acceptors (Lipinski definition) is 5. The van der Waals surface area contributed by atoms with Crippen molar-refractivity contribution in [2.45, 2.75) is 19.5 Å². The van der Waals surface area contributed by atoms with Crippen LogP contribution in [0.15, 0.2) is 91.0 Å². The van der Waals surface area contributed by atoms with E-state index in [0.29, 0.717) is 35.6 Å². The first-order valence-electron chi connectivity index (χ1n) is 12.7. The smallest absolute Gasteiger partial charge is 0.251 e. The molecular formula is C32H28N4O3. The number of rotatable bonds is 7. The van der Waals surface area contributed by atoms with Crippen molar-refractivity contribution in [3.63, 3.8) is 0 Å².